The summed E-state index contributed by atoms with van der Waals surface area (Å²) in [7, 11) is 1.73. The number of amides is 1. The van der Waals surface area contributed by atoms with Crippen molar-refractivity contribution in [3.05, 3.63) is 0 Å². The van der Waals surface area contributed by atoms with Gasteiger partial charge in [0.05, 0.1) is 0 Å². The average Bonchev–Trinajstić information content (AvgIpc) is 2.30. The third-order valence-electron chi connectivity index (χ3n) is 2.52. The Kier molecular flexibility index (Phi) is 14.3. The Hall–Kier alpha value is 0.139. The number of carbonyl (C=O) groups is 1. The van der Waals surface area contributed by atoms with E-state index in [1.165, 1.54) is 57.8 Å². The quantitative estimate of drug-likeness (QED) is 0.420. The Labute approximate surface area is 115 Å². The van der Waals surface area contributed by atoms with Gasteiger partial charge in [-0.2, -0.15) is 0 Å². The summed E-state index contributed by atoms with van der Waals surface area (Å²) in [6.45, 7) is 2.25. The number of hydrogen-bond donors (Lipinski definition) is 2. The first-order chi connectivity index (χ1) is 8.27. The van der Waals surface area contributed by atoms with E-state index in [9.17, 15) is 4.79 Å². The van der Waals surface area contributed by atoms with Crippen molar-refractivity contribution in [2.75, 3.05) is 5.75 Å². The molecule has 5 heteroatoms. The third kappa shape index (κ3) is 16.1. The molecule has 0 aromatic carbocycles. The standard InChI is InChI=1S/C12H25NO2SSe/c1-2-3-4-5-6-7-8-9-10-11-16-17-13-12(14)15/h13H,2-11H2,1H3,(H,14,15). The second-order valence-electron chi connectivity index (χ2n) is 4.14. The van der Waals surface area contributed by atoms with Crippen molar-refractivity contribution in [3.63, 3.8) is 0 Å². The molecule has 0 atom stereocenters. The third-order valence-corrected chi connectivity index (χ3v) is 5.86. The molecule has 2 N–H and O–H groups in total. The van der Waals surface area contributed by atoms with Gasteiger partial charge in [-0.05, 0) is 0 Å². The summed E-state index contributed by atoms with van der Waals surface area (Å²) in [5.74, 6) is 1.09. The molecule has 0 unspecified atom stereocenters. The topological polar surface area (TPSA) is 49.3 Å². The fourth-order valence-electron chi connectivity index (χ4n) is 1.58. The van der Waals surface area contributed by atoms with Gasteiger partial charge in [0.1, 0.15) is 0 Å². The minimum atomic E-state index is -0.899. The van der Waals surface area contributed by atoms with Crippen molar-refractivity contribution < 1.29 is 9.90 Å². The van der Waals surface area contributed by atoms with Gasteiger partial charge in [-0.3, -0.25) is 0 Å². The van der Waals surface area contributed by atoms with E-state index >= 15 is 0 Å². The summed E-state index contributed by atoms with van der Waals surface area (Å²) in [6.07, 6.45) is 11.2. The van der Waals surface area contributed by atoms with Crippen molar-refractivity contribution in [1.29, 1.82) is 0 Å². The molecule has 17 heavy (non-hydrogen) atoms. The number of carboxylic acid groups (broad SMARTS) is 1. The van der Waals surface area contributed by atoms with Gasteiger partial charge in [-0.15, -0.1) is 0 Å². The number of hydrogen-bond acceptors (Lipinski definition) is 2. The predicted octanol–water partition coefficient (Wildman–Crippen LogP) is 4.05. The Balaban J connectivity index is 2.91. The molecule has 0 aromatic heterocycles. The van der Waals surface area contributed by atoms with Crippen LogP contribution in [0.15, 0.2) is 0 Å². The van der Waals surface area contributed by atoms with Crippen LogP contribution in [0.4, 0.5) is 4.79 Å². The van der Waals surface area contributed by atoms with Gasteiger partial charge in [0.25, 0.3) is 0 Å². The second kappa shape index (κ2) is 14.2. The molecule has 0 heterocycles. The van der Waals surface area contributed by atoms with Crippen molar-refractivity contribution in [1.82, 2.24) is 4.33 Å². The fraction of sp³-hybridized carbons (Fsp3) is 0.917. The van der Waals surface area contributed by atoms with Gasteiger partial charge in [0.2, 0.25) is 0 Å². The number of rotatable bonds is 12. The van der Waals surface area contributed by atoms with Crippen LogP contribution in [0.1, 0.15) is 64.7 Å². The monoisotopic (exact) mass is 327 g/mol. The normalized spacial score (nSPS) is 10.4. The Morgan fingerprint density at radius 2 is 1.59 bits per heavy atom. The second-order valence-corrected chi connectivity index (χ2v) is 7.91. The van der Waals surface area contributed by atoms with Gasteiger partial charge in [-0.25, -0.2) is 0 Å². The van der Waals surface area contributed by atoms with E-state index < -0.39 is 6.09 Å². The van der Waals surface area contributed by atoms with Crippen LogP contribution in [0.5, 0.6) is 0 Å². The van der Waals surface area contributed by atoms with Gasteiger partial charge < -0.3 is 0 Å². The van der Waals surface area contributed by atoms with Crippen LogP contribution >= 0.6 is 10.2 Å². The van der Waals surface area contributed by atoms with E-state index in [1.54, 1.807) is 10.2 Å². The van der Waals surface area contributed by atoms with Crippen LogP contribution in [0.25, 0.3) is 0 Å². The Morgan fingerprint density at radius 1 is 1.06 bits per heavy atom. The molecule has 0 aliphatic heterocycles. The average molecular weight is 326 g/mol. The molecule has 0 spiro atoms. The minimum absolute atomic E-state index is 0.00594. The molecule has 0 aliphatic carbocycles. The number of nitrogens with one attached hydrogen (secondary N) is 1. The van der Waals surface area contributed by atoms with Crippen LogP contribution in [-0.4, -0.2) is 31.0 Å². The van der Waals surface area contributed by atoms with Gasteiger partial charge in [-0.1, -0.05) is 0 Å². The molecule has 0 fully saturated rings. The van der Waals surface area contributed by atoms with E-state index in [1.807, 2.05) is 0 Å². The van der Waals surface area contributed by atoms with Gasteiger partial charge >= 0.3 is 115 Å². The molecule has 0 bridgehead atoms. The van der Waals surface area contributed by atoms with Crippen LogP contribution in [0.3, 0.4) is 0 Å². The first-order valence-electron chi connectivity index (χ1n) is 6.54. The molecule has 0 saturated heterocycles. The van der Waals surface area contributed by atoms with Crippen molar-refractivity contribution in [3.8, 4) is 0 Å². The molecule has 0 aromatic rings. The SMILES string of the molecule is CCCCCCCCCCCS[Se]NC(=O)O. The summed E-state index contributed by atoms with van der Waals surface area (Å²) in [4.78, 5) is 10.2. The Morgan fingerprint density at radius 3 is 2.12 bits per heavy atom. The van der Waals surface area contributed by atoms with Gasteiger partial charge in [0, 0.05) is 0 Å². The van der Waals surface area contributed by atoms with Crippen LogP contribution < -0.4 is 4.33 Å². The molecule has 0 radical (unpaired) electrons. The van der Waals surface area contributed by atoms with Crippen LogP contribution in [0.2, 0.25) is 0 Å². The molecular weight excluding hydrogens is 301 g/mol. The maximum absolute atomic E-state index is 10.2. The summed E-state index contributed by atoms with van der Waals surface area (Å²) in [5, 5.41) is 8.37. The zero-order valence-electron chi connectivity index (χ0n) is 10.7. The number of unbranched alkanes of at least 4 members (excludes halogenated alkanes) is 8. The zero-order valence-corrected chi connectivity index (χ0v) is 13.3. The van der Waals surface area contributed by atoms with E-state index in [-0.39, 0.29) is 14.1 Å². The van der Waals surface area contributed by atoms with E-state index in [2.05, 4.69) is 11.3 Å². The summed E-state index contributed by atoms with van der Waals surface area (Å²) in [6, 6.07) is 0. The van der Waals surface area contributed by atoms with Crippen molar-refractivity contribution in [2.24, 2.45) is 0 Å². The molecule has 3 nitrogen and oxygen atoms in total. The molecule has 1 amide bonds. The summed E-state index contributed by atoms with van der Waals surface area (Å²) < 4.78 is 2.42. The van der Waals surface area contributed by atoms with Crippen LogP contribution in [-0.2, 0) is 0 Å². The van der Waals surface area contributed by atoms with Gasteiger partial charge in [0.15, 0.2) is 0 Å². The molecule has 0 saturated carbocycles. The molecule has 0 rings (SSSR count). The van der Waals surface area contributed by atoms with Crippen molar-refractivity contribution in [2.45, 2.75) is 64.7 Å². The predicted molar refractivity (Wildman–Crippen MR) is 76.6 cm³/mol. The molecule has 0 aliphatic rings. The van der Waals surface area contributed by atoms with Crippen LogP contribution in [0, 0.1) is 0 Å². The van der Waals surface area contributed by atoms with E-state index in [4.69, 9.17) is 5.11 Å². The maximum atomic E-state index is 10.2. The van der Waals surface area contributed by atoms with E-state index in [0.29, 0.717) is 0 Å². The fourth-order valence-corrected chi connectivity index (χ4v) is 4.20. The first kappa shape index (κ1) is 17.1. The zero-order chi connectivity index (χ0) is 12.8. The van der Waals surface area contributed by atoms with Crippen molar-refractivity contribution >= 4 is 30.3 Å². The molecular formula is C12H25NO2SSe. The Bertz CT molecular complexity index is 182. The van der Waals surface area contributed by atoms with E-state index in [0.717, 1.165) is 5.75 Å². The molecule has 102 valence electrons. The summed E-state index contributed by atoms with van der Waals surface area (Å²) in [5.41, 5.74) is 0. The summed E-state index contributed by atoms with van der Waals surface area (Å²) >= 11 is 0.00594. The first-order valence-corrected chi connectivity index (χ1v) is 10.4.